The monoisotopic (exact) mass is 344 g/mol. The second kappa shape index (κ2) is 7.94. The summed E-state index contributed by atoms with van der Waals surface area (Å²) >= 11 is 0. The summed E-state index contributed by atoms with van der Waals surface area (Å²) in [5.41, 5.74) is 3.46. The molecule has 0 saturated carbocycles. The summed E-state index contributed by atoms with van der Waals surface area (Å²) in [4.78, 5) is 26.1. The SMILES string of the molecule is Cc1ccc(NC(=O)NC(=O)C(C)N(C)Cc2cc(C)on2)c(C)c1. The van der Waals surface area contributed by atoms with Crippen molar-refractivity contribution in [3.63, 3.8) is 0 Å². The van der Waals surface area contributed by atoms with E-state index < -0.39 is 12.1 Å². The van der Waals surface area contributed by atoms with E-state index in [2.05, 4.69) is 15.8 Å². The standard InChI is InChI=1S/C18H24N4O3/c1-11-6-7-16(12(2)8-11)19-18(24)20-17(23)14(4)22(5)10-15-9-13(3)25-21-15/h6-9,14H,10H2,1-5H3,(H2,19,20,23,24). The van der Waals surface area contributed by atoms with Gasteiger partial charge in [0.05, 0.1) is 11.7 Å². The summed E-state index contributed by atoms with van der Waals surface area (Å²) in [5, 5.41) is 8.97. The van der Waals surface area contributed by atoms with Crippen molar-refractivity contribution in [2.24, 2.45) is 0 Å². The molecular formula is C18H24N4O3. The molecule has 2 N–H and O–H groups in total. The number of nitrogens with one attached hydrogen (secondary N) is 2. The van der Waals surface area contributed by atoms with Crippen LogP contribution in [0, 0.1) is 20.8 Å². The number of aryl methyl sites for hydroxylation is 3. The van der Waals surface area contributed by atoms with Gasteiger partial charge in [-0.15, -0.1) is 0 Å². The highest BCUT2D eigenvalue weighted by molar-refractivity contribution is 6.03. The zero-order valence-corrected chi connectivity index (χ0v) is 15.2. The Hall–Kier alpha value is -2.67. The lowest BCUT2D eigenvalue weighted by molar-refractivity contribution is -0.124. The van der Waals surface area contributed by atoms with Gasteiger partial charge in [-0.3, -0.25) is 15.0 Å². The van der Waals surface area contributed by atoms with E-state index in [0.29, 0.717) is 18.0 Å². The zero-order chi connectivity index (χ0) is 18.6. The number of anilines is 1. The van der Waals surface area contributed by atoms with Crippen LogP contribution in [0.5, 0.6) is 0 Å². The van der Waals surface area contributed by atoms with Gasteiger partial charge in [0.15, 0.2) is 0 Å². The van der Waals surface area contributed by atoms with Gasteiger partial charge in [0.25, 0.3) is 0 Å². The highest BCUT2D eigenvalue weighted by atomic mass is 16.5. The maximum Gasteiger partial charge on any atom is 0.325 e. The van der Waals surface area contributed by atoms with Crippen molar-refractivity contribution in [3.05, 3.63) is 46.8 Å². The fourth-order valence-corrected chi connectivity index (χ4v) is 2.41. The summed E-state index contributed by atoms with van der Waals surface area (Å²) in [6.45, 7) is 7.87. The Morgan fingerprint density at radius 1 is 1.24 bits per heavy atom. The van der Waals surface area contributed by atoms with Gasteiger partial charge >= 0.3 is 6.03 Å². The lowest BCUT2D eigenvalue weighted by atomic mass is 10.1. The molecule has 1 atom stereocenters. The first-order chi connectivity index (χ1) is 11.8. The van der Waals surface area contributed by atoms with Gasteiger partial charge in [-0.05, 0) is 46.4 Å². The Morgan fingerprint density at radius 3 is 2.56 bits per heavy atom. The third-order valence-corrected chi connectivity index (χ3v) is 4.00. The van der Waals surface area contributed by atoms with E-state index in [1.165, 1.54) is 0 Å². The van der Waals surface area contributed by atoms with Crippen LogP contribution in [-0.4, -0.2) is 35.1 Å². The average molecular weight is 344 g/mol. The number of hydrogen-bond acceptors (Lipinski definition) is 5. The van der Waals surface area contributed by atoms with E-state index in [0.717, 1.165) is 16.8 Å². The average Bonchev–Trinajstić information content (AvgIpc) is 2.94. The van der Waals surface area contributed by atoms with Crippen molar-refractivity contribution in [1.82, 2.24) is 15.4 Å². The molecule has 0 saturated heterocycles. The molecule has 0 radical (unpaired) electrons. The van der Waals surface area contributed by atoms with Crippen molar-refractivity contribution in [3.8, 4) is 0 Å². The Morgan fingerprint density at radius 2 is 1.96 bits per heavy atom. The van der Waals surface area contributed by atoms with Crippen molar-refractivity contribution in [2.75, 3.05) is 12.4 Å². The predicted molar refractivity (Wildman–Crippen MR) is 95.2 cm³/mol. The minimum Gasteiger partial charge on any atom is -0.361 e. The van der Waals surface area contributed by atoms with Gasteiger partial charge in [-0.25, -0.2) is 4.79 Å². The van der Waals surface area contributed by atoms with Gasteiger partial charge in [-0.1, -0.05) is 22.9 Å². The molecule has 0 aliphatic heterocycles. The molecule has 1 aromatic heterocycles. The van der Waals surface area contributed by atoms with Crippen molar-refractivity contribution >= 4 is 17.6 Å². The number of carbonyl (C=O) groups is 2. The van der Waals surface area contributed by atoms with Crippen LogP contribution in [0.4, 0.5) is 10.5 Å². The van der Waals surface area contributed by atoms with E-state index in [1.807, 2.05) is 45.0 Å². The summed E-state index contributed by atoms with van der Waals surface area (Å²) < 4.78 is 5.01. The Labute approximate surface area is 147 Å². The lowest BCUT2D eigenvalue weighted by Crippen LogP contribution is -2.46. The molecule has 7 nitrogen and oxygen atoms in total. The maximum atomic E-state index is 12.3. The molecule has 0 aliphatic rings. The van der Waals surface area contributed by atoms with Crippen LogP contribution in [0.25, 0.3) is 0 Å². The first-order valence-corrected chi connectivity index (χ1v) is 8.08. The van der Waals surface area contributed by atoms with Crippen LogP contribution >= 0.6 is 0 Å². The van der Waals surface area contributed by atoms with Crippen molar-refractivity contribution in [2.45, 2.75) is 40.3 Å². The van der Waals surface area contributed by atoms with E-state index in [9.17, 15) is 9.59 Å². The second-order valence-corrected chi connectivity index (χ2v) is 6.28. The number of urea groups is 1. The van der Waals surface area contributed by atoms with Crippen LogP contribution < -0.4 is 10.6 Å². The number of benzene rings is 1. The van der Waals surface area contributed by atoms with Gasteiger partial charge in [-0.2, -0.15) is 0 Å². The first kappa shape index (κ1) is 18.7. The molecule has 3 amide bonds. The van der Waals surface area contributed by atoms with Crippen LogP contribution in [0.15, 0.2) is 28.8 Å². The number of imide groups is 1. The maximum absolute atomic E-state index is 12.3. The number of amides is 3. The van der Waals surface area contributed by atoms with E-state index in [1.54, 1.807) is 18.9 Å². The molecule has 0 aliphatic carbocycles. The normalized spacial score (nSPS) is 12.1. The van der Waals surface area contributed by atoms with Crippen LogP contribution in [0.1, 0.15) is 29.5 Å². The van der Waals surface area contributed by atoms with Crippen molar-refractivity contribution in [1.29, 1.82) is 0 Å². The fourth-order valence-electron chi connectivity index (χ4n) is 2.41. The summed E-state index contributed by atoms with van der Waals surface area (Å²) in [6, 6.07) is 6.45. The van der Waals surface area contributed by atoms with Crippen LogP contribution in [-0.2, 0) is 11.3 Å². The number of carbonyl (C=O) groups excluding carboxylic acids is 2. The lowest BCUT2D eigenvalue weighted by Gasteiger charge is -2.22. The summed E-state index contributed by atoms with van der Waals surface area (Å²) in [5.74, 6) is 0.332. The molecule has 1 heterocycles. The quantitative estimate of drug-likeness (QED) is 0.871. The number of nitrogens with zero attached hydrogens (tertiary/aromatic N) is 2. The van der Waals surface area contributed by atoms with E-state index in [4.69, 9.17) is 4.52 Å². The molecule has 134 valence electrons. The molecule has 0 spiro atoms. The van der Waals surface area contributed by atoms with Gasteiger partial charge in [0, 0.05) is 18.3 Å². The Kier molecular flexibility index (Phi) is 5.93. The molecule has 0 fully saturated rings. The van der Waals surface area contributed by atoms with E-state index in [-0.39, 0.29) is 5.91 Å². The van der Waals surface area contributed by atoms with Crippen LogP contribution in [0.3, 0.4) is 0 Å². The van der Waals surface area contributed by atoms with E-state index >= 15 is 0 Å². The predicted octanol–water partition coefficient (Wildman–Crippen LogP) is 2.77. The molecule has 1 aromatic carbocycles. The molecular weight excluding hydrogens is 320 g/mol. The second-order valence-electron chi connectivity index (χ2n) is 6.28. The Balaban J connectivity index is 1.89. The smallest absolute Gasteiger partial charge is 0.325 e. The molecule has 25 heavy (non-hydrogen) atoms. The number of hydrogen-bond donors (Lipinski definition) is 2. The van der Waals surface area contributed by atoms with Gasteiger partial charge in [0.1, 0.15) is 5.76 Å². The molecule has 0 bridgehead atoms. The molecule has 7 heteroatoms. The number of rotatable bonds is 5. The number of aromatic nitrogens is 1. The topological polar surface area (TPSA) is 87.5 Å². The highest BCUT2D eigenvalue weighted by Gasteiger charge is 2.21. The minimum atomic E-state index is -0.547. The molecule has 1 unspecified atom stereocenters. The molecule has 2 rings (SSSR count). The summed E-state index contributed by atoms with van der Waals surface area (Å²) in [7, 11) is 1.79. The fraction of sp³-hybridized carbons (Fsp3) is 0.389. The van der Waals surface area contributed by atoms with Gasteiger partial charge in [0.2, 0.25) is 5.91 Å². The minimum absolute atomic E-state index is 0.384. The molecule has 2 aromatic rings. The summed E-state index contributed by atoms with van der Waals surface area (Å²) in [6.07, 6.45) is 0. The number of likely N-dealkylation sites (N-methyl/N-ethyl adjacent to an activating group) is 1. The highest BCUT2D eigenvalue weighted by Crippen LogP contribution is 2.15. The van der Waals surface area contributed by atoms with Crippen LogP contribution in [0.2, 0.25) is 0 Å². The first-order valence-electron chi connectivity index (χ1n) is 8.08. The Bertz CT molecular complexity index is 769. The zero-order valence-electron chi connectivity index (χ0n) is 15.2. The third-order valence-electron chi connectivity index (χ3n) is 4.00. The van der Waals surface area contributed by atoms with Crippen molar-refractivity contribution < 1.29 is 14.1 Å². The third kappa shape index (κ3) is 5.15. The largest absolute Gasteiger partial charge is 0.361 e. The van der Waals surface area contributed by atoms with Gasteiger partial charge < -0.3 is 9.84 Å².